The fourth-order valence-corrected chi connectivity index (χ4v) is 5.01. The minimum absolute atomic E-state index is 0.103. The summed E-state index contributed by atoms with van der Waals surface area (Å²) in [5.41, 5.74) is 4.40. The van der Waals surface area contributed by atoms with Gasteiger partial charge < -0.3 is 26.6 Å². The first kappa shape index (κ1) is 27.9. The Hall–Kier alpha value is -2.65. The lowest BCUT2D eigenvalue weighted by molar-refractivity contribution is -0.144. The average Bonchev–Trinajstić information content (AvgIpc) is 3.67. The molecule has 0 aromatic rings. The summed E-state index contributed by atoms with van der Waals surface area (Å²) in [6.07, 6.45) is 4.67. The number of rotatable bonds is 10. The first-order valence-electron chi connectivity index (χ1n) is 13.2. The van der Waals surface area contributed by atoms with Gasteiger partial charge in [0.2, 0.25) is 17.6 Å². The Balaban J connectivity index is 1.81. The molecule has 5 N–H and O–H groups in total. The van der Waals surface area contributed by atoms with Crippen LogP contribution in [0.1, 0.15) is 80.1 Å². The minimum atomic E-state index is -1.08. The molecule has 0 radical (unpaired) electrons. The summed E-state index contributed by atoms with van der Waals surface area (Å²) in [5.74, 6) is -2.42. The molecule has 0 spiro atoms. The largest absolute Gasteiger partial charge is 0.363 e. The second kappa shape index (κ2) is 10.4. The van der Waals surface area contributed by atoms with E-state index in [1.807, 2.05) is 41.5 Å². The number of likely N-dealkylation sites (tertiary alicyclic amines) is 1. The molecule has 1 heterocycles. The Bertz CT molecular complexity index is 903. The summed E-state index contributed by atoms with van der Waals surface area (Å²) in [5, 5.41) is 8.54. The molecule has 0 aromatic heterocycles. The number of amides is 5. The van der Waals surface area contributed by atoms with Crippen molar-refractivity contribution in [3.05, 3.63) is 0 Å². The number of Topliss-reactive ketones (excluding diaryl/α,β-unsaturated/α-hetero) is 1. The molecule has 4 atom stereocenters. The maximum Gasteiger partial charge on any atom is 0.315 e. The van der Waals surface area contributed by atoms with Gasteiger partial charge in [0.1, 0.15) is 12.1 Å². The van der Waals surface area contributed by atoms with E-state index in [0.29, 0.717) is 19.4 Å². The molecule has 36 heavy (non-hydrogen) atoms. The number of carbonyl (C=O) groups is 5. The van der Waals surface area contributed by atoms with Crippen LogP contribution in [-0.4, -0.2) is 64.6 Å². The molecule has 3 aliphatic rings. The fraction of sp³-hybridized carbons (Fsp3) is 0.808. The molecule has 10 heteroatoms. The van der Waals surface area contributed by atoms with E-state index in [2.05, 4.69) is 16.0 Å². The molecule has 0 aromatic carbocycles. The van der Waals surface area contributed by atoms with Crippen LogP contribution in [0.15, 0.2) is 0 Å². The van der Waals surface area contributed by atoms with Gasteiger partial charge in [-0.15, -0.1) is 0 Å². The SMILES string of the molecule is CC(C)[C@H]1CCN(C(=O)[C@@H](NC(=O)NC2(C)CC2)C(C)(C)C)[C@@H]1C(=O)NC(CC1CC1)C(=O)C(N)=O. The summed E-state index contributed by atoms with van der Waals surface area (Å²) < 4.78 is 0. The second-order valence-corrected chi connectivity index (χ2v) is 12.6. The third-order valence-corrected chi connectivity index (χ3v) is 7.80. The molecule has 202 valence electrons. The summed E-state index contributed by atoms with van der Waals surface area (Å²) in [7, 11) is 0. The molecule has 3 fully saturated rings. The van der Waals surface area contributed by atoms with Crippen LogP contribution in [0.25, 0.3) is 0 Å². The van der Waals surface area contributed by atoms with Crippen LogP contribution < -0.4 is 21.7 Å². The first-order chi connectivity index (χ1) is 16.6. The summed E-state index contributed by atoms with van der Waals surface area (Å²) >= 11 is 0. The summed E-state index contributed by atoms with van der Waals surface area (Å²) in [6, 6.07) is -3.05. The van der Waals surface area contributed by atoms with E-state index in [4.69, 9.17) is 5.73 Å². The third kappa shape index (κ3) is 6.76. The number of carbonyl (C=O) groups excluding carboxylic acids is 5. The molecule has 1 unspecified atom stereocenters. The van der Waals surface area contributed by atoms with Gasteiger partial charge in [-0.25, -0.2) is 4.79 Å². The van der Waals surface area contributed by atoms with E-state index < -0.39 is 47.2 Å². The zero-order valence-corrected chi connectivity index (χ0v) is 22.5. The van der Waals surface area contributed by atoms with Crippen LogP contribution >= 0.6 is 0 Å². The van der Waals surface area contributed by atoms with E-state index in [1.54, 1.807) is 0 Å². The Kier molecular flexibility index (Phi) is 8.05. The van der Waals surface area contributed by atoms with Crippen molar-refractivity contribution in [1.29, 1.82) is 0 Å². The van der Waals surface area contributed by atoms with Gasteiger partial charge in [-0.2, -0.15) is 0 Å². The van der Waals surface area contributed by atoms with Crippen LogP contribution in [0.5, 0.6) is 0 Å². The number of nitrogens with zero attached hydrogens (tertiary/aromatic N) is 1. The molecule has 1 saturated heterocycles. The lowest BCUT2D eigenvalue weighted by Crippen LogP contribution is -2.61. The zero-order valence-electron chi connectivity index (χ0n) is 22.5. The molecule has 3 rings (SSSR count). The summed E-state index contributed by atoms with van der Waals surface area (Å²) in [4.78, 5) is 65.8. The number of nitrogens with one attached hydrogen (secondary N) is 3. The Morgan fingerprint density at radius 3 is 2.11 bits per heavy atom. The van der Waals surface area contributed by atoms with Gasteiger partial charge in [0.25, 0.3) is 5.91 Å². The maximum absolute atomic E-state index is 13.9. The van der Waals surface area contributed by atoms with Crippen molar-refractivity contribution in [1.82, 2.24) is 20.9 Å². The molecule has 2 saturated carbocycles. The molecule has 1 aliphatic heterocycles. The molecule has 5 amide bonds. The lowest BCUT2D eigenvalue weighted by Gasteiger charge is -2.37. The van der Waals surface area contributed by atoms with Gasteiger partial charge in [-0.3, -0.25) is 19.2 Å². The van der Waals surface area contributed by atoms with Gasteiger partial charge in [0.05, 0.1) is 6.04 Å². The predicted octanol–water partition coefficient (Wildman–Crippen LogP) is 1.47. The quantitative estimate of drug-likeness (QED) is 0.332. The van der Waals surface area contributed by atoms with Crippen molar-refractivity contribution in [2.75, 3.05) is 6.54 Å². The monoisotopic (exact) mass is 505 g/mol. The predicted molar refractivity (Wildman–Crippen MR) is 134 cm³/mol. The smallest absolute Gasteiger partial charge is 0.315 e. The number of ketones is 1. The summed E-state index contributed by atoms with van der Waals surface area (Å²) in [6.45, 7) is 11.9. The highest BCUT2D eigenvalue weighted by atomic mass is 16.2. The van der Waals surface area contributed by atoms with Crippen molar-refractivity contribution in [2.24, 2.45) is 28.9 Å². The molecular weight excluding hydrogens is 462 g/mol. The number of hydrogen-bond acceptors (Lipinski definition) is 5. The van der Waals surface area contributed by atoms with E-state index in [9.17, 15) is 24.0 Å². The molecule has 2 aliphatic carbocycles. The zero-order chi connectivity index (χ0) is 27.0. The van der Waals surface area contributed by atoms with Gasteiger partial charge in [-0.05, 0) is 55.8 Å². The highest BCUT2D eigenvalue weighted by Gasteiger charge is 2.48. The van der Waals surface area contributed by atoms with Crippen LogP contribution in [0.2, 0.25) is 0 Å². The van der Waals surface area contributed by atoms with Crippen molar-refractivity contribution in [3.63, 3.8) is 0 Å². The van der Waals surface area contributed by atoms with Crippen LogP contribution in [-0.2, 0) is 19.2 Å². The highest BCUT2D eigenvalue weighted by molar-refractivity contribution is 6.37. The number of hydrogen-bond donors (Lipinski definition) is 4. The van der Waals surface area contributed by atoms with Crippen molar-refractivity contribution in [2.45, 2.75) is 104 Å². The first-order valence-corrected chi connectivity index (χ1v) is 13.2. The normalized spacial score (nSPS) is 24.6. The Morgan fingerprint density at radius 2 is 1.64 bits per heavy atom. The Morgan fingerprint density at radius 1 is 1.03 bits per heavy atom. The molecular formula is C26H43N5O5. The number of urea groups is 1. The molecule has 10 nitrogen and oxygen atoms in total. The van der Waals surface area contributed by atoms with Crippen molar-refractivity contribution >= 4 is 29.5 Å². The van der Waals surface area contributed by atoms with Gasteiger partial charge in [-0.1, -0.05) is 47.5 Å². The topological polar surface area (TPSA) is 151 Å². The van der Waals surface area contributed by atoms with Gasteiger partial charge in [0, 0.05) is 12.1 Å². The number of primary amides is 1. The molecule has 0 bridgehead atoms. The van der Waals surface area contributed by atoms with E-state index in [-0.39, 0.29) is 29.2 Å². The van der Waals surface area contributed by atoms with Crippen LogP contribution in [0.4, 0.5) is 4.79 Å². The van der Waals surface area contributed by atoms with E-state index >= 15 is 0 Å². The third-order valence-electron chi connectivity index (χ3n) is 7.80. The number of nitrogens with two attached hydrogens (primary N) is 1. The van der Waals surface area contributed by atoms with Crippen molar-refractivity contribution in [3.8, 4) is 0 Å². The lowest BCUT2D eigenvalue weighted by atomic mass is 9.84. The van der Waals surface area contributed by atoms with Crippen LogP contribution in [0, 0.1) is 23.2 Å². The average molecular weight is 506 g/mol. The highest BCUT2D eigenvalue weighted by Crippen LogP contribution is 2.36. The van der Waals surface area contributed by atoms with Crippen LogP contribution in [0.3, 0.4) is 0 Å². The second-order valence-electron chi connectivity index (χ2n) is 12.6. The Labute approximate surface area is 213 Å². The van der Waals surface area contributed by atoms with E-state index in [0.717, 1.165) is 25.7 Å². The van der Waals surface area contributed by atoms with Gasteiger partial charge >= 0.3 is 6.03 Å². The minimum Gasteiger partial charge on any atom is -0.363 e. The fourth-order valence-electron chi connectivity index (χ4n) is 5.01. The van der Waals surface area contributed by atoms with Crippen molar-refractivity contribution < 1.29 is 24.0 Å². The standard InChI is InChI=1S/C26H43N5O5/c1-14(2)16-9-12-31(18(16)22(34)28-17(13-15-7-8-15)19(32)21(27)33)23(35)20(25(3,4)5)29-24(36)30-26(6)10-11-26/h14-18,20H,7-13H2,1-6H3,(H2,27,33)(H,28,34)(H2,29,30,36)/t16-,17?,18+,20-/m1/s1. The van der Waals surface area contributed by atoms with E-state index in [1.165, 1.54) is 4.90 Å². The maximum atomic E-state index is 13.9. The van der Waals surface area contributed by atoms with Gasteiger partial charge in [0.15, 0.2) is 0 Å².